The summed E-state index contributed by atoms with van der Waals surface area (Å²) >= 11 is 0. The summed E-state index contributed by atoms with van der Waals surface area (Å²) in [6, 6.07) is 5.29. The average molecular weight is 359 g/mol. The van der Waals surface area contributed by atoms with Gasteiger partial charge in [0, 0.05) is 5.56 Å². The fourth-order valence-electron chi connectivity index (χ4n) is 2.39. The van der Waals surface area contributed by atoms with Crippen molar-refractivity contribution in [2.75, 3.05) is 11.0 Å². The van der Waals surface area contributed by atoms with Crippen LogP contribution in [0.15, 0.2) is 22.7 Å². The van der Waals surface area contributed by atoms with Crippen molar-refractivity contribution in [2.24, 2.45) is 5.73 Å². The largest absolute Gasteiger partial charge is 0.334 e. The number of rotatable bonds is 4. The van der Waals surface area contributed by atoms with Gasteiger partial charge in [-0.3, -0.25) is 4.72 Å². The molecule has 0 spiro atoms. The summed E-state index contributed by atoms with van der Waals surface area (Å²) in [5, 5.41) is 3.96. The van der Waals surface area contributed by atoms with E-state index in [1.54, 1.807) is 12.1 Å². The number of anilines is 1. The SMILES string of the molecule is Cc1ccc(-c2nc(C3(N)CCC3)no2)cc1NS(C)(=O)=O.Cl. The third-order valence-electron chi connectivity index (χ3n) is 3.90. The van der Waals surface area contributed by atoms with E-state index in [0.29, 0.717) is 23.0 Å². The highest BCUT2D eigenvalue weighted by Crippen LogP contribution is 2.37. The minimum Gasteiger partial charge on any atom is -0.334 e. The van der Waals surface area contributed by atoms with E-state index in [0.717, 1.165) is 31.1 Å². The Morgan fingerprint density at radius 2 is 2.04 bits per heavy atom. The Morgan fingerprint density at radius 1 is 1.35 bits per heavy atom. The highest BCUT2D eigenvalue weighted by Gasteiger charge is 2.39. The lowest BCUT2D eigenvalue weighted by Crippen LogP contribution is -2.44. The van der Waals surface area contributed by atoms with Crippen molar-refractivity contribution in [3.05, 3.63) is 29.6 Å². The maximum Gasteiger partial charge on any atom is 0.258 e. The summed E-state index contributed by atoms with van der Waals surface area (Å²) in [5.41, 5.74) is 7.64. The second kappa shape index (κ2) is 6.10. The zero-order valence-corrected chi connectivity index (χ0v) is 14.5. The fourth-order valence-corrected chi connectivity index (χ4v) is 3.01. The molecular weight excluding hydrogens is 340 g/mol. The van der Waals surface area contributed by atoms with E-state index >= 15 is 0 Å². The third-order valence-corrected chi connectivity index (χ3v) is 4.49. The molecule has 1 aliphatic carbocycles. The van der Waals surface area contributed by atoms with Gasteiger partial charge in [0.1, 0.15) is 0 Å². The van der Waals surface area contributed by atoms with Crippen LogP contribution >= 0.6 is 12.4 Å². The van der Waals surface area contributed by atoms with Crippen LogP contribution in [0.25, 0.3) is 11.5 Å². The van der Waals surface area contributed by atoms with Gasteiger partial charge in [-0.05, 0) is 43.9 Å². The van der Waals surface area contributed by atoms with Crippen LogP contribution in [0, 0.1) is 6.92 Å². The normalized spacial score (nSPS) is 16.3. The molecule has 0 aliphatic heterocycles. The fraction of sp³-hybridized carbons (Fsp3) is 0.429. The number of halogens is 1. The number of aryl methyl sites for hydroxylation is 1. The minimum absolute atomic E-state index is 0. The highest BCUT2D eigenvalue weighted by molar-refractivity contribution is 7.92. The average Bonchev–Trinajstić information content (AvgIpc) is 2.87. The van der Waals surface area contributed by atoms with Gasteiger partial charge in [-0.2, -0.15) is 4.98 Å². The highest BCUT2D eigenvalue weighted by atomic mass is 35.5. The molecule has 2 aromatic rings. The number of nitrogens with one attached hydrogen (secondary N) is 1. The standard InChI is InChI=1S/C14H18N4O3S.ClH/c1-9-4-5-10(8-11(9)18-22(2,19)20)12-16-13(17-21-12)14(15)6-3-7-14;/h4-5,8,18H,3,6-7,15H2,1-2H3;1H. The van der Waals surface area contributed by atoms with Crippen LogP contribution < -0.4 is 10.5 Å². The molecule has 1 heterocycles. The predicted molar refractivity (Wildman–Crippen MR) is 89.9 cm³/mol. The van der Waals surface area contributed by atoms with Gasteiger partial charge in [0.25, 0.3) is 5.89 Å². The number of hydrogen-bond donors (Lipinski definition) is 2. The molecule has 3 N–H and O–H groups in total. The molecule has 0 radical (unpaired) electrons. The van der Waals surface area contributed by atoms with Crippen LogP contribution in [-0.4, -0.2) is 24.8 Å². The molecule has 126 valence electrons. The molecule has 3 rings (SSSR count). The lowest BCUT2D eigenvalue weighted by molar-refractivity contribution is 0.229. The number of aromatic nitrogens is 2. The number of benzene rings is 1. The summed E-state index contributed by atoms with van der Waals surface area (Å²) in [5.74, 6) is 0.843. The topological polar surface area (TPSA) is 111 Å². The first-order valence-electron chi connectivity index (χ1n) is 6.99. The molecule has 1 aromatic carbocycles. The third kappa shape index (κ3) is 3.65. The van der Waals surface area contributed by atoms with Crippen molar-refractivity contribution in [1.82, 2.24) is 10.1 Å². The molecule has 0 atom stereocenters. The van der Waals surface area contributed by atoms with Gasteiger partial charge in [0.2, 0.25) is 10.0 Å². The molecule has 1 saturated carbocycles. The summed E-state index contributed by atoms with van der Waals surface area (Å²) in [4.78, 5) is 4.36. The number of nitrogens with zero attached hydrogens (tertiary/aromatic N) is 2. The monoisotopic (exact) mass is 358 g/mol. The molecule has 0 unspecified atom stereocenters. The van der Waals surface area contributed by atoms with Gasteiger partial charge in [-0.25, -0.2) is 8.42 Å². The molecule has 7 nitrogen and oxygen atoms in total. The van der Waals surface area contributed by atoms with E-state index in [-0.39, 0.29) is 12.4 Å². The van der Waals surface area contributed by atoms with Crippen LogP contribution in [0.4, 0.5) is 5.69 Å². The minimum atomic E-state index is -3.35. The van der Waals surface area contributed by atoms with E-state index in [9.17, 15) is 8.42 Å². The van der Waals surface area contributed by atoms with E-state index in [1.807, 2.05) is 13.0 Å². The van der Waals surface area contributed by atoms with Crippen molar-refractivity contribution < 1.29 is 12.9 Å². The van der Waals surface area contributed by atoms with Crippen molar-refractivity contribution in [3.8, 4) is 11.5 Å². The molecule has 0 amide bonds. The van der Waals surface area contributed by atoms with Gasteiger partial charge in [0.15, 0.2) is 5.82 Å². The Bertz CT molecular complexity index is 815. The number of sulfonamides is 1. The van der Waals surface area contributed by atoms with Gasteiger partial charge in [0.05, 0.1) is 17.5 Å². The van der Waals surface area contributed by atoms with E-state index in [2.05, 4.69) is 14.9 Å². The van der Waals surface area contributed by atoms with Crippen molar-refractivity contribution in [1.29, 1.82) is 0 Å². The first-order valence-corrected chi connectivity index (χ1v) is 8.88. The molecule has 1 fully saturated rings. The van der Waals surface area contributed by atoms with E-state index in [1.165, 1.54) is 0 Å². The zero-order chi connectivity index (χ0) is 16.0. The van der Waals surface area contributed by atoms with Crippen LogP contribution in [0.2, 0.25) is 0 Å². The Labute approximate surface area is 141 Å². The number of nitrogens with two attached hydrogens (primary N) is 1. The Balaban J connectivity index is 0.00000192. The van der Waals surface area contributed by atoms with E-state index in [4.69, 9.17) is 10.3 Å². The Kier molecular flexibility index (Phi) is 4.70. The van der Waals surface area contributed by atoms with Crippen LogP contribution in [-0.2, 0) is 15.6 Å². The summed E-state index contributed by atoms with van der Waals surface area (Å²) < 4.78 is 30.6. The molecular formula is C14H19ClN4O3S. The lowest BCUT2D eigenvalue weighted by Gasteiger charge is -2.34. The molecule has 1 aliphatic rings. The smallest absolute Gasteiger partial charge is 0.258 e. The van der Waals surface area contributed by atoms with Gasteiger partial charge >= 0.3 is 0 Å². The quantitative estimate of drug-likeness (QED) is 0.866. The van der Waals surface area contributed by atoms with Crippen molar-refractivity contribution >= 4 is 28.1 Å². The predicted octanol–water partition coefficient (Wildman–Crippen LogP) is 2.18. The lowest BCUT2D eigenvalue weighted by atomic mass is 9.77. The summed E-state index contributed by atoms with van der Waals surface area (Å²) in [7, 11) is -3.35. The second-order valence-electron chi connectivity index (χ2n) is 5.84. The van der Waals surface area contributed by atoms with Gasteiger partial charge in [-0.15, -0.1) is 12.4 Å². The van der Waals surface area contributed by atoms with Gasteiger partial charge in [-0.1, -0.05) is 11.2 Å². The van der Waals surface area contributed by atoms with E-state index < -0.39 is 15.6 Å². The van der Waals surface area contributed by atoms with Crippen LogP contribution in [0.5, 0.6) is 0 Å². The molecule has 0 saturated heterocycles. The molecule has 9 heteroatoms. The van der Waals surface area contributed by atoms with Crippen LogP contribution in [0.3, 0.4) is 0 Å². The first kappa shape index (κ1) is 17.7. The summed E-state index contributed by atoms with van der Waals surface area (Å²) in [6.07, 6.45) is 3.87. The Hall–Kier alpha value is -1.64. The Morgan fingerprint density at radius 3 is 2.61 bits per heavy atom. The molecule has 23 heavy (non-hydrogen) atoms. The second-order valence-corrected chi connectivity index (χ2v) is 7.59. The molecule has 1 aromatic heterocycles. The van der Waals surface area contributed by atoms with Crippen molar-refractivity contribution in [3.63, 3.8) is 0 Å². The zero-order valence-electron chi connectivity index (χ0n) is 12.9. The maximum atomic E-state index is 11.4. The molecule has 0 bridgehead atoms. The summed E-state index contributed by atoms with van der Waals surface area (Å²) in [6.45, 7) is 1.82. The number of hydrogen-bond acceptors (Lipinski definition) is 6. The maximum absolute atomic E-state index is 11.4. The van der Waals surface area contributed by atoms with Crippen LogP contribution in [0.1, 0.15) is 30.7 Å². The van der Waals surface area contributed by atoms with Gasteiger partial charge < -0.3 is 10.3 Å². The van der Waals surface area contributed by atoms with Crippen molar-refractivity contribution in [2.45, 2.75) is 31.7 Å². The first-order chi connectivity index (χ1) is 10.3.